The highest BCUT2D eigenvalue weighted by Crippen LogP contribution is 2.34. The number of benzene rings is 2. The van der Waals surface area contributed by atoms with Crippen LogP contribution in [0.2, 0.25) is 0 Å². The first kappa shape index (κ1) is 24.7. The summed E-state index contributed by atoms with van der Waals surface area (Å²) < 4.78 is 29.4. The number of alkyl halides is 1. The lowest BCUT2D eigenvalue weighted by Crippen LogP contribution is -2.28. The number of carbonyl (C=O) groups excluding carboxylic acids is 2. The molecule has 0 radical (unpaired) electrons. The molecule has 2 aliphatic rings. The molecule has 2 amide bonds. The maximum Gasteiger partial charge on any atom is 0.254 e. The monoisotopic (exact) mass is 458 g/mol. The molecule has 0 saturated carbocycles. The van der Waals surface area contributed by atoms with Gasteiger partial charge >= 0.3 is 0 Å². The molecule has 2 aromatic carbocycles. The fourth-order valence-electron chi connectivity index (χ4n) is 3.61. The van der Waals surface area contributed by atoms with Crippen LogP contribution in [0.5, 0.6) is 5.75 Å². The minimum atomic E-state index is -0.644. The van der Waals surface area contributed by atoms with Crippen molar-refractivity contribution in [3.8, 4) is 5.75 Å². The predicted molar refractivity (Wildman–Crippen MR) is 122 cm³/mol. The third-order valence-corrected chi connectivity index (χ3v) is 5.27. The second-order valence-corrected chi connectivity index (χ2v) is 7.77. The van der Waals surface area contributed by atoms with E-state index in [0.29, 0.717) is 49.5 Å². The summed E-state index contributed by atoms with van der Waals surface area (Å²) in [5.74, 6) is -0.288. The van der Waals surface area contributed by atoms with Crippen molar-refractivity contribution in [1.82, 2.24) is 10.6 Å². The maximum absolute atomic E-state index is 13.0. The number of hydrogen-bond donors (Lipinski definition) is 2. The average molecular weight is 459 g/mol. The quantitative estimate of drug-likeness (QED) is 0.622. The van der Waals surface area contributed by atoms with E-state index in [1.165, 1.54) is 13.1 Å². The standard InChI is InChI=1S/C19H25FN2O5.C6H6/c1-21-19(24)15-10-13(8-12-9-14(11-20)27-17(12)15)18(23)22-5-2-4-16-25-6-3-7-26-16;1-2-4-6-5-3-1/h8,10,14,16H,2-7,9,11H2,1H3,(H,21,24)(H,22,23);1-6H. The lowest BCUT2D eigenvalue weighted by molar-refractivity contribution is -0.181. The lowest BCUT2D eigenvalue weighted by atomic mass is 10.0. The molecule has 2 N–H and O–H groups in total. The van der Waals surface area contributed by atoms with Crippen LogP contribution in [0.1, 0.15) is 45.5 Å². The fourth-order valence-corrected chi connectivity index (χ4v) is 3.61. The van der Waals surface area contributed by atoms with Crippen molar-refractivity contribution in [2.45, 2.75) is 38.1 Å². The van der Waals surface area contributed by atoms with E-state index in [1.54, 1.807) is 6.07 Å². The first-order valence-electron chi connectivity index (χ1n) is 11.3. The number of nitrogens with one attached hydrogen (secondary N) is 2. The van der Waals surface area contributed by atoms with Crippen LogP contribution < -0.4 is 15.4 Å². The van der Waals surface area contributed by atoms with E-state index < -0.39 is 12.8 Å². The van der Waals surface area contributed by atoms with Crippen molar-refractivity contribution in [3.05, 3.63) is 65.2 Å². The number of fused-ring (bicyclic) bond motifs is 1. The summed E-state index contributed by atoms with van der Waals surface area (Å²) in [5, 5.41) is 5.37. The molecule has 2 aromatic rings. The van der Waals surface area contributed by atoms with Crippen LogP contribution in [0.4, 0.5) is 4.39 Å². The SMILES string of the molecule is CNC(=O)c1cc(C(=O)NCCCC2OCCCO2)cc2c1OC(CF)C2.c1ccccc1. The summed E-state index contributed by atoms with van der Waals surface area (Å²) in [5.41, 5.74) is 1.29. The second kappa shape index (κ2) is 12.9. The van der Waals surface area contributed by atoms with E-state index >= 15 is 0 Å². The first-order valence-corrected chi connectivity index (χ1v) is 11.3. The van der Waals surface area contributed by atoms with Gasteiger partial charge in [-0.2, -0.15) is 0 Å². The number of amides is 2. The topological polar surface area (TPSA) is 85.9 Å². The summed E-state index contributed by atoms with van der Waals surface area (Å²) in [6, 6.07) is 15.2. The highest BCUT2D eigenvalue weighted by Gasteiger charge is 2.29. The van der Waals surface area contributed by atoms with Crippen molar-refractivity contribution in [2.75, 3.05) is 33.5 Å². The Balaban J connectivity index is 0.000000442. The molecule has 2 heterocycles. The Kier molecular flexibility index (Phi) is 9.65. The Labute approximate surface area is 193 Å². The molecule has 0 aliphatic carbocycles. The summed E-state index contributed by atoms with van der Waals surface area (Å²) >= 11 is 0. The highest BCUT2D eigenvalue weighted by atomic mass is 19.1. The smallest absolute Gasteiger partial charge is 0.254 e. The summed E-state index contributed by atoms with van der Waals surface area (Å²) in [7, 11) is 1.50. The Morgan fingerprint density at radius 1 is 1.03 bits per heavy atom. The molecule has 1 fully saturated rings. The van der Waals surface area contributed by atoms with E-state index in [0.717, 1.165) is 12.8 Å². The number of rotatable bonds is 7. The molecule has 2 aliphatic heterocycles. The number of hydrogen-bond acceptors (Lipinski definition) is 5. The van der Waals surface area contributed by atoms with Crippen LogP contribution in [-0.2, 0) is 15.9 Å². The molecule has 1 saturated heterocycles. The molecule has 178 valence electrons. The molecule has 1 atom stereocenters. The van der Waals surface area contributed by atoms with E-state index in [4.69, 9.17) is 14.2 Å². The largest absolute Gasteiger partial charge is 0.486 e. The molecule has 33 heavy (non-hydrogen) atoms. The van der Waals surface area contributed by atoms with E-state index in [1.807, 2.05) is 36.4 Å². The first-order chi connectivity index (χ1) is 16.1. The van der Waals surface area contributed by atoms with Gasteiger partial charge in [-0.1, -0.05) is 36.4 Å². The van der Waals surface area contributed by atoms with Gasteiger partial charge in [-0.25, -0.2) is 4.39 Å². The average Bonchev–Trinajstić information content (AvgIpc) is 3.31. The normalized spacial score (nSPS) is 17.2. The third-order valence-electron chi connectivity index (χ3n) is 5.27. The van der Waals surface area contributed by atoms with Crippen LogP contribution in [0.3, 0.4) is 0 Å². The van der Waals surface area contributed by atoms with Crippen molar-refractivity contribution in [2.24, 2.45) is 0 Å². The molecule has 8 heteroatoms. The van der Waals surface area contributed by atoms with Gasteiger partial charge in [-0.15, -0.1) is 0 Å². The van der Waals surface area contributed by atoms with Crippen LogP contribution in [0.25, 0.3) is 0 Å². The zero-order chi connectivity index (χ0) is 23.5. The van der Waals surface area contributed by atoms with Gasteiger partial charge in [0.2, 0.25) is 0 Å². The Bertz CT molecular complexity index is 876. The zero-order valence-corrected chi connectivity index (χ0v) is 18.8. The van der Waals surface area contributed by atoms with Gasteiger partial charge in [-0.05, 0) is 30.5 Å². The minimum absolute atomic E-state index is 0.203. The van der Waals surface area contributed by atoms with Crippen molar-refractivity contribution in [1.29, 1.82) is 0 Å². The lowest BCUT2D eigenvalue weighted by Gasteiger charge is -2.23. The van der Waals surface area contributed by atoms with Gasteiger partial charge in [-0.3, -0.25) is 9.59 Å². The highest BCUT2D eigenvalue weighted by molar-refractivity contribution is 6.02. The molecular weight excluding hydrogens is 427 g/mol. The van der Waals surface area contributed by atoms with E-state index in [9.17, 15) is 14.0 Å². The van der Waals surface area contributed by atoms with Crippen LogP contribution in [0, 0.1) is 0 Å². The molecule has 0 aromatic heterocycles. The Hall–Kier alpha value is -2.97. The van der Waals surface area contributed by atoms with Crippen molar-refractivity contribution in [3.63, 3.8) is 0 Å². The van der Waals surface area contributed by atoms with Crippen molar-refractivity contribution >= 4 is 11.8 Å². The fraction of sp³-hybridized carbons (Fsp3) is 0.440. The van der Waals surface area contributed by atoms with Gasteiger partial charge in [0.1, 0.15) is 18.5 Å². The second-order valence-electron chi connectivity index (χ2n) is 7.77. The number of ether oxygens (including phenoxy) is 3. The van der Waals surface area contributed by atoms with Gasteiger partial charge in [0, 0.05) is 32.0 Å². The molecule has 4 rings (SSSR count). The van der Waals surface area contributed by atoms with Gasteiger partial charge < -0.3 is 24.8 Å². The number of carbonyl (C=O) groups is 2. The molecule has 0 bridgehead atoms. The summed E-state index contributed by atoms with van der Waals surface area (Å²) in [4.78, 5) is 24.6. The molecule has 1 unspecified atom stereocenters. The summed E-state index contributed by atoms with van der Waals surface area (Å²) in [6.45, 7) is 1.24. The number of halogens is 1. The molecular formula is C25H31FN2O5. The maximum atomic E-state index is 13.0. The van der Waals surface area contributed by atoms with E-state index in [2.05, 4.69) is 10.6 Å². The summed E-state index contributed by atoms with van der Waals surface area (Å²) in [6.07, 6.45) is 1.86. The zero-order valence-electron chi connectivity index (χ0n) is 18.8. The van der Waals surface area contributed by atoms with Crippen LogP contribution in [-0.4, -0.2) is 57.7 Å². The van der Waals surface area contributed by atoms with Gasteiger partial charge in [0.15, 0.2) is 6.29 Å². The van der Waals surface area contributed by atoms with Gasteiger partial charge in [0.25, 0.3) is 11.8 Å². The molecule has 7 nitrogen and oxygen atoms in total. The Morgan fingerprint density at radius 2 is 1.70 bits per heavy atom. The van der Waals surface area contributed by atoms with Crippen LogP contribution >= 0.6 is 0 Å². The Morgan fingerprint density at radius 3 is 2.30 bits per heavy atom. The van der Waals surface area contributed by atoms with Crippen LogP contribution in [0.15, 0.2) is 48.5 Å². The van der Waals surface area contributed by atoms with Gasteiger partial charge in [0.05, 0.1) is 18.8 Å². The van der Waals surface area contributed by atoms with E-state index in [-0.39, 0.29) is 23.7 Å². The minimum Gasteiger partial charge on any atom is -0.486 e. The van der Waals surface area contributed by atoms with Crippen molar-refractivity contribution < 1.29 is 28.2 Å². The predicted octanol–water partition coefficient (Wildman–Crippen LogP) is 3.28. The third kappa shape index (κ3) is 7.27. The molecule has 0 spiro atoms.